The van der Waals surface area contributed by atoms with Crippen LogP contribution in [0.15, 0.2) is 66.2 Å². The first kappa shape index (κ1) is 26.2. The number of hydrogen-bond donors (Lipinski definition) is 1. The summed E-state index contributed by atoms with van der Waals surface area (Å²) in [6.07, 6.45) is 1.31. The molecule has 5 rings (SSSR count). The number of urea groups is 1. The predicted molar refractivity (Wildman–Crippen MR) is 142 cm³/mol. The number of fused-ring (bicyclic) bond motifs is 1. The molecule has 2 heterocycles. The molecular formula is C29H23N3O8. The molecule has 0 aromatic heterocycles. The molecule has 1 saturated heterocycles. The maximum atomic E-state index is 13.5. The molecule has 0 bridgehead atoms. The third-order valence-electron chi connectivity index (χ3n) is 6.55. The Bertz CT molecular complexity index is 1590. The van der Waals surface area contributed by atoms with Crippen LogP contribution >= 0.6 is 0 Å². The Morgan fingerprint density at radius 1 is 0.750 bits per heavy atom. The van der Waals surface area contributed by atoms with E-state index in [1.54, 1.807) is 48.5 Å². The fourth-order valence-corrected chi connectivity index (χ4v) is 4.58. The summed E-state index contributed by atoms with van der Waals surface area (Å²) in [4.78, 5) is 66.6. The van der Waals surface area contributed by atoms with E-state index in [9.17, 15) is 24.0 Å². The lowest BCUT2D eigenvalue weighted by Crippen LogP contribution is -2.54. The fourth-order valence-electron chi connectivity index (χ4n) is 4.58. The molecule has 2 aliphatic rings. The van der Waals surface area contributed by atoms with Crippen LogP contribution in [0.2, 0.25) is 0 Å². The zero-order chi connectivity index (χ0) is 28.6. The van der Waals surface area contributed by atoms with Crippen molar-refractivity contribution in [3.8, 4) is 17.2 Å². The topological polar surface area (TPSA) is 132 Å². The SMILES string of the molecule is COc1ccc(OC)c(N2C(=O)NC(=O)C(=Cc3ccc(OC)c(CN4C(=O)c5ccccc5C4=O)c3)C2=O)c1. The van der Waals surface area contributed by atoms with Crippen LogP contribution in [0.3, 0.4) is 0 Å². The highest BCUT2D eigenvalue weighted by atomic mass is 16.5. The third kappa shape index (κ3) is 4.43. The highest BCUT2D eigenvalue weighted by molar-refractivity contribution is 6.39. The van der Waals surface area contributed by atoms with E-state index < -0.39 is 29.7 Å². The van der Waals surface area contributed by atoms with Crippen molar-refractivity contribution in [3.05, 3.63) is 88.5 Å². The van der Waals surface area contributed by atoms with Crippen molar-refractivity contribution >= 4 is 41.4 Å². The van der Waals surface area contributed by atoms with Gasteiger partial charge in [-0.05, 0) is 48.0 Å². The summed E-state index contributed by atoms with van der Waals surface area (Å²) in [6, 6.07) is 15.0. The van der Waals surface area contributed by atoms with Gasteiger partial charge in [-0.1, -0.05) is 18.2 Å². The van der Waals surface area contributed by atoms with Crippen LogP contribution in [0.1, 0.15) is 31.8 Å². The van der Waals surface area contributed by atoms with Crippen molar-refractivity contribution in [1.82, 2.24) is 10.2 Å². The summed E-state index contributed by atoms with van der Waals surface area (Å²) in [7, 11) is 4.26. The van der Waals surface area contributed by atoms with Crippen LogP contribution in [-0.4, -0.2) is 55.9 Å². The number of ether oxygens (including phenoxy) is 3. The van der Waals surface area contributed by atoms with Gasteiger partial charge in [-0.25, -0.2) is 9.69 Å². The molecule has 1 fully saturated rings. The van der Waals surface area contributed by atoms with Crippen LogP contribution in [0.4, 0.5) is 10.5 Å². The van der Waals surface area contributed by atoms with E-state index in [0.29, 0.717) is 33.8 Å². The standard InChI is InChI=1S/C29H23N3O8/c1-38-18-9-11-24(40-3)22(14-18)32-28(36)21(25(33)30-29(32)37)13-16-8-10-23(39-2)17(12-16)15-31-26(34)19-6-4-5-7-20(19)27(31)35/h4-14H,15H2,1-3H3,(H,30,33,37). The van der Waals surface area contributed by atoms with Gasteiger partial charge < -0.3 is 14.2 Å². The van der Waals surface area contributed by atoms with Crippen molar-refractivity contribution in [2.45, 2.75) is 6.54 Å². The van der Waals surface area contributed by atoms with E-state index in [1.807, 2.05) is 0 Å². The van der Waals surface area contributed by atoms with Gasteiger partial charge in [0.2, 0.25) is 0 Å². The van der Waals surface area contributed by atoms with E-state index in [2.05, 4.69) is 5.32 Å². The summed E-state index contributed by atoms with van der Waals surface area (Å²) >= 11 is 0. The van der Waals surface area contributed by atoms with Gasteiger partial charge in [0.15, 0.2) is 0 Å². The van der Waals surface area contributed by atoms with Gasteiger partial charge in [-0.15, -0.1) is 0 Å². The average molecular weight is 542 g/mol. The van der Waals surface area contributed by atoms with E-state index in [-0.39, 0.29) is 23.6 Å². The van der Waals surface area contributed by atoms with Crippen LogP contribution in [0.5, 0.6) is 17.2 Å². The summed E-state index contributed by atoms with van der Waals surface area (Å²) < 4.78 is 16.0. The summed E-state index contributed by atoms with van der Waals surface area (Å²) in [5, 5.41) is 2.18. The number of nitrogens with zero attached hydrogens (tertiary/aromatic N) is 2. The molecular weight excluding hydrogens is 518 g/mol. The molecule has 0 aliphatic carbocycles. The first-order chi connectivity index (χ1) is 19.3. The van der Waals surface area contributed by atoms with Gasteiger partial charge in [-0.3, -0.25) is 29.4 Å². The molecule has 2 aliphatic heterocycles. The Kier molecular flexibility index (Phi) is 6.78. The molecule has 0 radical (unpaired) electrons. The van der Waals surface area contributed by atoms with Gasteiger partial charge in [0.1, 0.15) is 22.8 Å². The van der Waals surface area contributed by atoms with Gasteiger partial charge >= 0.3 is 6.03 Å². The summed E-state index contributed by atoms with van der Waals surface area (Å²) in [5.41, 5.74) is 1.26. The Morgan fingerprint density at radius 3 is 2.02 bits per heavy atom. The normalized spacial score (nSPS) is 15.9. The quantitative estimate of drug-likeness (QED) is 0.274. The molecule has 1 N–H and O–H groups in total. The molecule has 3 aromatic rings. The second-order valence-corrected chi connectivity index (χ2v) is 8.81. The number of hydrogen-bond acceptors (Lipinski definition) is 8. The number of carbonyl (C=O) groups is 5. The lowest BCUT2D eigenvalue weighted by Gasteiger charge is -2.27. The molecule has 202 valence electrons. The van der Waals surface area contributed by atoms with Crippen molar-refractivity contribution in [1.29, 1.82) is 0 Å². The zero-order valence-electron chi connectivity index (χ0n) is 21.7. The average Bonchev–Trinajstić information content (AvgIpc) is 3.20. The Balaban J connectivity index is 1.50. The van der Waals surface area contributed by atoms with Crippen LogP contribution in [0, 0.1) is 0 Å². The number of carbonyl (C=O) groups excluding carboxylic acids is 5. The van der Waals surface area contributed by atoms with E-state index >= 15 is 0 Å². The lowest BCUT2D eigenvalue weighted by atomic mass is 10.0. The molecule has 0 saturated carbocycles. The number of barbiturate groups is 1. The fraction of sp³-hybridized carbons (Fsp3) is 0.138. The second-order valence-electron chi connectivity index (χ2n) is 8.81. The van der Waals surface area contributed by atoms with E-state index in [0.717, 1.165) is 9.80 Å². The number of methoxy groups -OCH3 is 3. The Morgan fingerprint density at radius 2 is 1.40 bits per heavy atom. The van der Waals surface area contributed by atoms with Crippen molar-refractivity contribution in [2.75, 3.05) is 26.2 Å². The number of nitrogens with one attached hydrogen (secondary N) is 1. The molecule has 0 atom stereocenters. The lowest BCUT2D eigenvalue weighted by molar-refractivity contribution is -0.122. The highest BCUT2D eigenvalue weighted by Gasteiger charge is 2.39. The van der Waals surface area contributed by atoms with Crippen molar-refractivity contribution in [3.63, 3.8) is 0 Å². The van der Waals surface area contributed by atoms with Crippen LogP contribution in [0.25, 0.3) is 6.08 Å². The number of anilines is 1. The number of imide groups is 3. The largest absolute Gasteiger partial charge is 0.497 e. The monoisotopic (exact) mass is 541 g/mol. The number of benzene rings is 3. The molecule has 11 heteroatoms. The summed E-state index contributed by atoms with van der Waals surface area (Å²) in [6.45, 7) is -0.0989. The summed E-state index contributed by atoms with van der Waals surface area (Å²) in [5.74, 6) is -1.65. The zero-order valence-corrected chi connectivity index (χ0v) is 21.7. The maximum absolute atomic E-state index is 13.5. The minimum absolute atomic E-state index is 0.0868. The molecule has 3 aromatic carbocycles. The second kappa shape index (κ2) is 10.4. The van der Waals surface area contributed by atoms with Gasteiger partial charge in [0, 0.05) is 11.6 Å². The Hall–Kier alpha value is -5.45. The maximum Gasteiger partial charge on any atom is 0.336 e. The molecule has 0 unspecified atom stereocenters. The predicted octanol–water partition coefficient (Wildman–Crippen LogP) is 3.18. The number of amides is 6. The first-order valence-corrected chi connectivity index (χ1v) is 12.0. The van der Waals surface area contributed by atoms with E-state index in [4.69, 9.17) is 14.2 Å². The number of rotatable bonds is 7. The van der Waals surface area contributed by atoms with Crippen LogP contribution < -0.4 is 24.4 Å². The van der Waals surface area contributed by atoms with Gasteiger partial charge in [-0.2, -0.15) is 0 Å². The van der Waals surface area contributed by atoms with Crippen LogP contribution in [-0.2, 0) is 16.1 Å². The van der Waals surface area contributed by atoms with Gasteiger partial charge in [0.05, 0.1) is 44.7 Å². The highest BCUT2D eigenvalue weighted by Crippen LogP contribution is 2.35. The van der Waals surface area contributed by atoms with Crippen molar-refractivity contribution < 1.29 is 38.2 Å². The molecule has 0 spiro atoms. The minimum Gasteiger partial charge on any atom is -0.497 e. The minimum atomic E-state index is -0.945. The van der Waals surface area contributed by atoms with Gasteiger partial charge in [0.25, 0.3) is 23.6 Å². The molecule has 40 heavy (non-hydrogen) atoms. The smallest absolute Gasteiger partial charge is 0.336 e. The molecule has 11 nitrogen and oxygen atoms in total. The van der Waals surface area contributed by atoms with Crippen molar-refractivity contribution in [2.24, 2.45) is 0 Å². The molecule has 6 amide bonds. The van der Waals surface area contributed by atoms with E-state index in [1.165, 1.54) is 39.5 Å². The third-order valence-corrected chi connectivity index (χ3v) is 6.55. The Labute approximate surface area is 228 Å². The first-order valence-electron chi connectivity index (χ1n) is 12.0.